The predicted octanol–water partition coefficient (Wildman–Crippen LogP) is 1.49. The average Bonchev–Trinajstić information content (AvgIpc) is 2.94. The van der Waals surface area contributed by atoms with Gasteiger partial charge < -0.3 is 15.2 Å². The molecule has 0 aliphatic carbocycles. The van der Waals surface area contributed by atoms with Gasteiger partial charge in [0.25, 0.3) is 5.91 Å². The molecular weight excluding hydrogens is 285 g/mol. The number of likely N-dealkylation sites (tertiary alicyclic amines) is 1. The molecular formula is C16H18FN3O2. The first-order valence-electron chi connectivity index (χ1n) is 7.38. The quantitative estimate of drug-likeness (QED) is 0.903. The zero-order chi connectivity index (χ0) is 15.7. The number of aromatic amines is 1. The Bertz CT molecular complexity index is 772. The third-order valence-electron chi connectivity index (χ3n) is 4.11. The third kappa shape index (κ3) is 2.62. The van der Waals surface area contributed by atoms with E-state index in [1.165, 1.54) is 24.3 Å². The van der Waals surface area contributed by atoms with E-state index in [0.717, 1.165) is 19.4 Å². The Morgan fingerprint density at radius 3 is 3.05 bits per heavy atom. The molecule has 0 spiro atoms. The van der Waals surface area contributed by atoms with Crippen LogP contribution in [0.25, 0.3) is 10.9 Å². The van der Waals surface area contributed by atoms with Crippen molar-refractivity contribution in [2.75, 3.05) is 20.1 Å². The Hall–Kier alpha value is -2.21. The van der Waals surface area contributed by atoms with E-state index < -0.39 is 11.4 Å². The van der Waals surface area contributed by atoms with Crippen LogP contribution in [0.5, 0.6) is 0 Å². The smallest absolute Gasteiger partial charge is 0.255 e. The molecule has 3 rings (SSSR count). The van der Waals surface area contributed by atoms with Gasteiger partial charge >= 0.3 is 0 Å². The normalized spacial score (nSPS) is 18.1. The van der Waals surface area contributed by atoms with Gasteiger partial charge in [0.05, 0.1) is 11.1 Å². The van der Waals surface area contributed by atoms with Gasteiger partial charge in [-0.3, -0.25) is 9.59 Å². The number of amides is 1. The lowest BCUT2D eigenvalue weighted by molar-refractivity contribution is 0.0739. The molecule has 0 unspecified atom stereocenters. The van der Waals surface area contributed by atoms with E-state index in [9.17, 15) is 14.0 Å². The van der Waals surface area contributed by atoms with Crippen LogP contribution in [-0.4, -0.2) is 42.0 Å². The van der Waals surface area contributed by atoms with E-state index in [0.29, 0.717) is 23.0 Å². The molecule has 1 atom stereocenters. The van der Waals surface area contributed by atoms with E-state index in [4.69, 9.17) is 0 Å². The first kappa shape index (κ1) is 14.7. The number of carbonyl (C=O) groups excluding carboxylic acids is 1. The molecule has 2 heterocycles. The van der Waals surface area contributed by atoms with Crippen molar-refractivity contribution in [3.05, 3.63) is 46.0 Å². The van der Waals surface area contributed by atoms with Gasteiger partial charge in [0.15, 0.2) is 0 Å². The number of likely N-dealkylation sites (N-methyl/N-ethyl adjacent to an activating group) is 1. The second-order valence-electron chi connectivity index (χ2n) is 5.59. The molecule has 6 heteroatoms. The van der Waals surface area contributed by atoms with Crippen molar-refractivity contribution in [3.63, 3.8) is 0 Å². The Morgan fingerprint density at radius 1 is 1.45 bits per heavy atom. The molecule has 116 valence electrons. The summed E-state index contributed by atoms with van der Waals surface area (Å²) in [6.45, 7) is 1.40. The largest absolute Gasteiger partial charge is 0.334 e. The summed E-state index contributed by atoms with van der Waals surface area (Å²) in [4.78, 5) is 29.0. The molecule has 1 amide bonds. The van der Waals surface area contributed by atoms with Gasteiger partial charge in [-0.05, 0) is 38.1 Å². The fourth-order valence-corrected chi connectivity index (χ4v) is 3.11. The van der Waals surface area contributed by atoms with Crippen LogP contribution in [0.3, 0.4) is 0 Å². The van der Waals surface area contributed by atoms with Crippen LogP contribution < -0.4 is 10.9 Å². The van der Waals surface area contributed by atoms with Crippen molar-refractivity contribution in [3.8, 4) is 0 Å². The molecule has 1 aliphatic heterocycles. The second-order valence-corrected chi connectivity index (χ2v) is 5.59. The van der Waals surface area contributed by atoms with Crippen molar-refractivity contribution >= 4 is 16.8 Å². The number of fused-ring (bicyclic) bond motifs is 1. The standard InChI is InChI=1S/C16H18FN3O2/c1-18-9-11-3-2-6-20(11)16(22)13-8-15(21)19-14-7-10(17)4-5-12(13)14/h4-5,7-8,11,18H,2-3,6,9H2,1H3,(H,19,21)/t11-/m0/s1. The summed E-state index contributed by atoms with van der Waals surface area (Å²) in [6.07, 6.45) is 1.90. The number of carbonyl (C=O) groups is 1. The van der Waals surface area contributed by atoms with Gasteiger partial charge in [0.1, 0.15) is 5.82 Å². The Kier molecular flexibility index (Phi) is 3.94. The summed E-state index contributed by atoms with van der Waals surface area (Å²) in [6, 6.07) is 5.51. The highest BCUT2D eigenvalue weighted by molar-refractivity contribution is 6.06. The minimum Gasteiger partial charge on any atom is -0.334 e. The molecule has 5 nitrogen and oxygen atoms in total. The predicted molar refractivity (Wildman–Crippen MR) is 82.5 cm³/mol. The second kappa shape index (κ2) is 5.88. The third-order valence-corrected chi connectivity index (χ3v) is 4.11. The number of nitrogens with zero attached hydrogens (tertiary/aromatic N) is 1. The first-order chi connectivity index (χ1) is 10.6. The molecule has 22 heavy (non-hydrogen) atoms. The van der Waals surface area contributed by atoms with Crippen LogP contribution in [0, 0.1) is 5.82 Å². The van der Waals surface area contributed by atoms with Gasteiger partial charge in [0.2, 0.25) is 5.56 Å². The van der Waals surface area contributed by atoms with Gasteiger partial charge in [-0.2, -0.15) is 0 Å². The van der Waals surface area contributed by atoms with Crippen LogP contribution in [0.2, 0.25) is 0 Å². The fourth-order valence-electron chi connectivity index (χ4n) is 3.11. The summed E-state index contributed by atoms with van der Waals surface area (Å²) in [7, 11) is 1.85. The first-order valence-corrected chi connectivity index (χ1v) is 7.38. The summed E-state index contributed by atoms with van der Waals surface area (Å²) < 4.78 is 13.3. The molecule has 1 fully saturated rings. The molecule has 2 N–H and O–H groups in total. The van der Waals surface area contributed by atoms with Crippen molar-refractivity contribution < 1.29 is 9.18 Å². The number of aromatic nitrogens is 1. The van der Waals surface area contributed by atoms with Crippen molar-refractivity contribution in [1.82, 2.24) is 15.2 Å². The monoisotopic (exact) mass is 303 g/mol. The average molecular weight is 303 g/mol. The summed E-state index contributed by atoms with van der Waals surface area (Å²) >= 11 is 0. The number of hydrogen-bond acceptors (Lipinski definition) is 3. The number of hydrogen-bond donors (Lipinski definition) is 2. The zero-order valence-corrected chi connectivity index (χ0v) is 12.4. The lowest BCUT2D eigenvalue weighted by atomic mass is 10.1. The number of H-pyrrole nitrogens is 1. The molecule has 0 saturated carbocycles. The highest BCUT2D eigenvalue weighted by Gasteiger charge is 2.29. The molecule has 1 aliphatic rings. The maximum absolute atomic E-state index is 13.3. The van der Waals surface area contributed by atoms with Gasteiger partial charge in [-0.25, -0.2) is 4.39 Å². The van der Waals surface area contributed by atoms with Gasteiger partial charge in [0, 0.05) is 30.6 Å². The van der Waals surface area contributed by atoms with E-state index in [2.05, 4.69) is 10.3 Å². The number of rotatable bonds is 3. The van der Waals surface area contributed by atoms with Crippen LogP contribution >= 0.6 is 0 Å². The lowest BCUT2D eigenvalue weighted by Gasteiger charge is -2.25. The molecule has 1 aromatic carbocycles. The molecule has 2 aromatic rings. The van der Waals surface area contributed by atoms with Gasteiger partial charge in [-0.1, -0.05) is 0 Å². The van der Waals surface area contributed by atoms with Crippen LogP contribution in [0.1, 0.15) is 23.2 Å². The minimum absolute atomic E-state index is 0.132. The molecule has 0 bridgehead atoms. The molecule has 1 aromatic heterocycles. The zero-order valence-electron chi connectivity index (χ0n) is 12.4. The fraction of sp³-hybridized carbons (Fsp3) is 0.375. The van der Waals surface area contributed by atoms with Crippen LogP contribution in [-0.2, 0) is 0 Å². The number of pyridine rings is 1. The van der Waals surface area contributed by atoms with Gasteiger partial charge in [-0.15, -0.1) is 0 Å². The van der Waals surface area contributed by atoms with E-state index in [1.807, 2.05) is 7.05 Å². The van der Waals surface area contributed by atoms with E-state index in [-0.39, 0.29) is 11.9 Å². The van der Waals surface area contributed by atoms with Crippen LogP contribution in [0.4, 0.5) is 4.39 Å². The maximum atomic E-state index is 13.3. The Balaban J connectivity index is 2.05. The topological polar surface area (TPSA) is 65.2 Å². The highest BCUT2D eigenvalue weighted by atomic mass is 19.1. The SMILES string of the molecule is CNC[C@@H]1CCCN1C(=O)c1cc(=O)[nH]c2cc(F)ccc12. The number of benzene rings is 1. The van der Waals surface area contributed by atoms with Crippen molar-refractivity contribution in [2.24, 2.45) is 0 Å². The molecule has 0 radical (unpaired) electrons. The van der Waals surface area contributed by atoms with E-state index in [1.54, 1.807) is 4.90 Å². The summed E-state index contributed by atoms with van der Waals surface area (Å²) in [5.41, 5.74) is 0.285. The molecule has 1 saturated heterocycles. The summed E-state index contributed by atoms with van der Waals surface area (Å²) in [5.74, 6) is -0.609. The Morgan fingerprint density at radius 2 is 2.27 bits per heavy atom. The number of nitrogens with one attached hydrogen (secondary N) is 2. The maximum Gasteiger partial charge on any atom is 0.255 e. The van der Waals surface area contributed by atoms with Crippen LogP contribution in [0.15, 0.2) is 29.1 Å². The lowest BCUT2D eigenvalue weighted by Crippen LogP contribution is -2.41. The summed E-state index contributed by atoms with van der Waals surface area (Å²) in [5, 5.41) is 3.66. The highest BCUT2D eigenvalue weighted by Crippen LogP contribution is 2.23. The van der Waals surface area contributed by atoms with Crippen molar-refractivity contribution in [1.29, 1.82) is 0 Å². The minimum atomic E-state index is -0.443. The van der Waals surface area contributed by atoms with E-state index >= 15 is 0 Å². The van der Waals surface area contributed by atoms with Crippen molar-refractivity contribution in [2.45, 2.75) is 18.9 Å². The Labute approximate surface area is 127 Å². The number of halogens is 1.